The van der Waals surface area contributed by atoms with Crippen LogP contribution in [0.25, 0.3) is 0 Å². The zero-order valence-electron chi connectivity index (χ0n) is 21.2. The molecule has 0 spiro atoms. The van der Waals surface area contributed by atoms with Crippen LogP contribution < -0.4 is 9.62 Å². The van der Waals surface area contributed by atoms with Crippen LogP contribution in [0.3, 0.4) is 0 Å². The van der Waals surface area contributed by atoms with Gasteiger partial charge in [0.15, 0.2) is 0 Å². The fourth-order valence-corrected chi connectivity index (χ4v) is 5.46. The summed E-state index contributed by atoms with van der Waals surface area (Å²) in [4.78, 5) is 28.1. The Hall–Kier alpha value is -3.72. The van der Waals surface area contributed by atoms with E-state index in [1.807, 2.05) is 13.0 Å². The number of benzene rings is 3. The van der Waals surface area contributed by atoms with Crippen molar-refractivity contribution in [2.45, 2.75) is 44.7 Å². The Morgan fingerprint density at radius 2 is 1.62 bits per heavy atom. The second-order valence-electron chi connectivity index (χ2n) is 8.63. The summed E-state index contributed by atoms with van der Waals surface area (Å²) in [6.45, 7) is 5.28. The minimum Gasteiger partial charge on any atom is -0.355 e. The van der Waals surface area contributed by atoms with Crippen molar-refractivity contribution >= 4 is 27.5 Å². The summed E-state index contributed by atoms with van der Waals surface area (Å²) >= 11 is 0. The highest BCUT2D eigenvalue weighted by Crippen LogP contribution is 2.25. The number of anilines is 1. The first-order valence-electron chi connectivity index (χ1n) is 12.1. The van der Waals surface area contributed by atoms with Crippen LogP contribution in [0, 0.1) is 12.7 Å². The maximum Gasteiger partial charge on any atom is 0.264 e. The molecule has 2 amide bonds. The van der Waals surface area contributed by atoms with E-state index in [9.17, 15) is 22.4 Å². The molecule has 0 aliphatic heterocycles. The molecule has 0 saturated carbocycles. The summed E-state index contributed by atoms with van der Waals surface area (Å²) in [5.41, 5.74) is 1.78. The standard InChI is InChI=1S/C28H32FN3O4S/c1-4-26(28(34)30-5-2)31(19-22-14-16-23(29)17-15-22)27(33)20-32(24-11-9-10-21(3)18-24)37(35,36)25-12-7-6-8-13-25/h6-18,26H,4-5,19-20H2,1-3H3,(H,30,34)/t26-/m1/s1. The first kappa shape index (κ1) is 27.9. The van der Waals surface area contributed by atoms with Crippen LogP contribution in [0.2, 0.25) is 0 Å². The Bertz CT molecular complexity index is 1310. The van der Waals surface area contributed by atoms with Gasteiger partial charge in [-0.1, -0.05) is 49.4 Å². The molecule has 0 aliphatic rings. The molecule has 1 N–H and O–H groups in total. The summed E-state index contributed by atoms with van der Waals surface area (Å²) in [6, 6.07) is 19.6. The van der Waals surface area contributed by atoms with E-state index in [1.165, 1.54) is 29.2 Å². The van der Waals surface area contributed by atoms with Crippen LogP contribution >= 0.6 is 0 Å². The molecule has 37 heavy (non-hydrogen) atoms. The number of hydrogen-bond donors (Lipinski definition) is 1. The first-order chi connectivity index (χ1) is 17.7. The van der Waals surface area contributed by atoms with Crippen LogP contribution in [-0.2, 0) is 26.2 Å². The highest BCUT2D eigenvalue weighted by Gasteiger charge is 2.33. The lowest BCUT2D eigenvalue weighted by atomic mass is 10.1. The molecule has 196 valence electrons. The lowest BCUT2D eigenvalue weighted by molar-refractivity contribution is -0.140. The SMILES string of the molecule is CCNC(=O)[C@@H](CC)N(Cc1ccc(F)cc1)C(=O)CN(c1cccc(C)c1)S(=O)(=O)c1ccccc1. The van der Waals surface area contributed by atoms with Crippen molar-refractivity contribution in [2.24, 2.45) is 0 Å². The van der Waals surface area contributed by atoms with Crippen LogP contribution in [-0.4, -0.2) is 44.3 Å². The molecule has 0 bridgehead atoms. The number of halogens is 1. The van der Waals surface area contributed by atoms with E-state index in [1.54, 1.807) is 62.4 Å². The number of hydrogen-bond acceptors (Lipinski definition) is 4. The van der Waals surface area contributed by atoms with E-state index in [0.717, 1.165) is 9.87 Å². The van der Waals surface area contributed by atoms with Gasteiger partial charge in [0.1, 0.15) is 18.4 Å². The third kappa shape index (κ3) is 6.95. The highest BCUT2D eigenvalue weighted by molar-refractivity contribution is 7.92. The molecule has 0 radical (unpaired) electrons. The molecular formula is C28H32FN3O4S. The predicted octanol–water partition coefficient (Wildman–Crippen LogP) is 4.27. The molecule has 3 aromatic rings. The number of nitrogens with one attached hydrogen (secondary N) is 1. The maximum atomic E-state index is 13.8. The molecule has 3 aromatic carbocycles. The second kappa shape index (κ2) is 12.5. The first-order valence-corrected chi connectivity index (χ1v) is 13.6. The minimum atomic E-state index is -4.11. The Balaban J connectivity index is 2.04. The molecule has 0 fully saturated rings. The van der Waals surface area contributed by atoms with Gasteiger partial charge in [0.25, 0.3) is 10.0 Å². The Morgan fingerprint density at radius 1 is 0.946 bits per heavy atom. The van der Waals surface area contributed by atoms with Gasteiger partial charge < -0.3 is 10.2 Å². The van der Waals surface area contributed by atoms with E-state index < -0.39 is 34.3 Å². The number of nitrogens with zero attached hydrogens (tertiary/aromatic N) is 2. The van der Waals surface area contributed by atoms with Crippen molar-refractivity contribution in [1.82, 2.24) is 10.2 Å². The van der Waals surface area contributed by atoms with E-state index in [4.69, 9.17) is 0 Å². The number of carbonyl (C=O) groups is 2. The largest absolute Gasteiger partial charge is 0.355 e. The van der Waals surface area contributed by atoms with Gasteiger partial charge in [-0.05, 0) is 67.8 Å². The zero-order chi connectivity index (χ0) is 27.0. The molecule has 0 heterocycles. The quantitative estimate of drug-likeness (QED) is 0.405. The normalized spacial score (nSPS) is 12.0. The number of carbonyl (C=O) groups excluding carboxylic acids is 2. The van der Waals surface area contributed by atoms with Gasteiger partial charge >= 0.3 is 0 Å². The van der Waals surface area contributed by atoms with Gasteiger partial charge in [0.2, 0.25) is 11.8 Å². The van der Waals surface area contributed by atoms with Crippen molar-refractivity contribution in [1.29, 1.82) is 0 Å². The highest BCUT2D eigenvalue weighted by atomic mass is 32.2. The van der Waals surface area contributed by atoms with Gasteiger partial charge in [-0.2, -0.15) is 0 Å². The van der Waals surface area contributed by atoms with Gasteiger partial charge in [0, 0.05) is 13.1 Å². The molecule has 9 heteroatoms. The molecule has 3 rings (SSSR count). The Morgan fingerprint density at radius 3 is 2.22 bits per heavy atom. The van der Waals surface area contributed by atoms with Crippen LogP contribution in [0.1, 0.15) is 31.4 Å². The summed E-state index contributed by atoms with van der Waals surface area (Å²) in [5, 5.41) is 2.75. The second-order valence-corrected chi connectivity index (χ2v) is 10.5. The van der Waals surface area contributed by atoms with Crippen molar-refractivity contribution in [3.8, 4) is 0 Å². The maximum absolute atomic E-state index is 13.8. The van der Waals surface area contributed by atoms with Gasteiger partial charge in [-0.25, -0.2) is 12.8 Å². The lowest BCUT2D eigenvalue weighted by Gasteiger charge is -2.33. The number of likely N-dealkylation sites (N-methyl/N-ethyl adjacent to an activating group) is 1. The van der Waals surface area contributed by atoms with Crippen molar-refractivity contribution in [3.05, 3.63) is 95.8 Å². The van der Waals surface area contributed by atoms with Crippen LogP contribution in [0.15, 0.2) is 83.8 Å². The van der Waals surface area contributed by atoms with Gasteiger partial charge in [-0.15, -0.1) is 0 Å². The van der Waals surface area contributed by atoms with E-state index in [0.29, 0.717) is 24.2 Å². The molecule has 0 aromatic heterocycles. The number of aryl methyl sites for hydroxylation is 1. The number of rotatable bonds is 11. The molecule has 0 unspecified atom stereocenters. The van der Waals surface area contributed by atoms with Crippen LogP contribution in [0.5, 0.6) is 0 Å². The molecule has 0 aliphatic carbocycles. The minimum absolute atomic E-state index is 0.0157. The fourth-order valence-electron chi connectivity index (χ4n) is 4.03. The molecule has 1 atom stereocenters. The van der Waals surface area contributed by atoms with Crippen LogP contribution in [0.4, 0.5) is 10.1 Å². The van der Waals surface area contributed by atoms with Gasteiger partial charge in [-0.3, -0.25) is 13.9 Å². The Labute approximate surface area is 218 Å². The van der Waals surface area contributed by atoms with E-state index in [2.05, 4.69) is 5.32 Å². The monoisotopic (exact) mass is 525 g/mol. The summed E-state index contributed by atoms with van der Waals surface area (Å²) in [7, 11) is -4.11. The predicted molar refractivity (Wildman–Crippen MR) is 142 cm³/mol. The third-order valence-corrected chi connectivity index (χ3v) is 7.69. The van der Waals surface area contributed by atoms with Crippen molar-refractivity contribution < 1.29 is 22.4 Å². The van der Waals surface area contributed by atoms with E-state index >= 15 is 0 Å². The molecule has 0 saturated heterocycles. The smallest absolute Gasteiger partial charge is 0.264 e. The van der Waals surface area contributed by atoms with Crippen molar-refractivity contribution in [2.75, 3.05) is 17.4 Å². The average molecular weight is 526 g/mol. The Kier molecular flexibility index (Phi) is 9.41. The molecule has 7 nitrogen and oxygen atoms in total. The zero-order valence-corrected chi connectivity index (χ0v) is 22.0. The summed E-state index contributed by atoms with van der Waals surface area (Å²) in [6.07, 6.45) is 0.314. The fraction of sp³-hybridized carbons (Fsp3) is 0.286. The van der Waals surface area contributed by atoms with Crippen molar-refractivity contribution in [3.63, 3.8) is 0 Å². The third-order valence-electron chi connectivity index (χ3n) is 5.90. The average Bonchev–Trinajstić information content (AvgIpc) is 2.88. The number of amides is 2. The number of sulfonamides is 1. The topological polar surface area (TPSA) is 86.8 Å². The van der Waals surface area contributed by atoms with E-state index in [-0.39, 0.29) is 17.3 Å². The lowest BCUT2D eigenvalue weighted by Crippen LogP contribution is -2.52. The van der Waals surface area contributed by atoms with Gasteiger partial charge in [0.05, 0.1) is 10.6 Å². The summed E-state index contributed by atoms with van der Waals surface area (Å²) < 4.78 is 42.0. The summed E-state index contributed by atoms with van der Waals surface area (Å²) in [5.74, 6) is -1.31. The molecular weight excluding hydrogens is 493 g/mol.